The van der Waals surface area contributed by atoms with Crippen LogP contribution in [0.2, 0.25) is 5.02 Å². The highest BCUT2D eigenvalue weighted by Gasteiger charge is 2.27. The number of nitrogens with one attached hydrogen (secondary N) is 1. The monoisotopic (exact) mass is 384 g/mol. The minimum Gasteiger partial charge on any atom is -0.343 e. The lowest BCUT2D eigenvalue weighted by Gasteiger charge is -2.31. The molecule has 3 rings (SSSR count). The summed E-state index contributed by atoms with van der Waals surface area (Å²) in [7, 11) is 0. The predicted octanol–water partition coefficient (Wildman–Crippen LogP) is 4.46. The fraction of sp³-hybridized carbons (Fsp3) is 0.364. The van der Waals surface area contributed by atoms with Crippen LogP contribution in [0, 0.1) is 12.8 Å². The van der Waals surface area contributed by atoms with Crippen molar-refractivity contribution in [3.05, 3.63) is 64.7 Å². The molecule has 1 saturated heterocycles. The van der Waals surface area contributed by atoms with E-state index in [-0.39, 0.29) is 17.7 Å². The van der Waals surface area contributed by atoms with Crippen LogP contribution in [0.15, 0.2) is 48.5 Å². The Bertz CT molecular complexity index is 799. The van der Waals surface area contributed by atoms with Crippen LogP contribution in [0.3, 0.4) is 0 Å². The number of piperidine rings is 1. The zero-order valence-electron chi connectivity index (χ0n) is 15.6. The van der Waals surface area contributed by atoms with Crippen LogP contribution >= 0.6 is 11.6 Å². The molecule has 2 amide bonds. The summed E-state index contributed by atoms with van der Waals surface area (Å²) in [4.78, 5) is 26.8. The predicted molar refractivity (Wildman–Crippen MR) is 109 cm³/mol. The second kappa shape index (κ2) is 9.05. The van der Waals surface area contributed by atoms with Crippen molar-refractivity contribution in [1.29, 1.82) is 0 Å². The SMILES string of the molecule is Cc1ccc(NC(=O)C2CCN(C(=O)CCc3ccccc3)CC2)cc1Cl. The molecule has 1 heterocycles. The average molecular weight is 385 g/mol. The molecule has 0 spiro atoms. The molecule has 0 bridgehead atoms. The number of hydrogen-bond acceptors (Lipinski definition) is 2. The van der Waals surface area contributed by atoms with Gasteiger partial charge in [-0.05, 0) is 49.4 Å². The number of aryl methyl sites for hydroxylation is 2. The van der Waals surface area contributed by atoms with Crippen LogP contribution in [-0.2, 0) is 16.0 Å². The molecule has 0 unspecified atom stereocenters. The van der Waals surface area contributed by atoms with E-state index in [1.54, 1.807) is 6.07 Å². The molecule has 0 aliphatic carbocycles. The minimum atomic E-state index is -0.0664. The summed E-state index contributed by atoms with van der Waals surface area (Å²) in [6.45, 7) is 3.21. The van der Waals surface area contributed by atoms with Crippen LogP contribution in [0.1, 0.15) is 30.4 Å². The van der Waals surface area contributed by atoms with Crippen molar-refractivity contribution < 1.29 is 9.59 Å². The zero-order valence-corrected chi connectivity index (χ0v) is 16.3. The molecule has 2 aromatic rings. The number of nitrogens with zero attached hydrogens (tertiary/aromatic N) is 1. The van der Waals surface area contributed by atoms with Crippen LogP contribution in [0.4, 0.5) is 5.69 Å². The highest BCUT2D eigenvalue weighted by Crippen LogP contribution is 2.23. The third-order valence-electron chi connectivity index (χ3n) is 5.13. The van der Waals surface area contributed by atoms with Gasteiger partial charge >= 0.3 is 0 Å². The Hall–Kier alpha value is -2.33. The number of amides is 2. The largest absolute Gasteiger partial charge is 0.343 e. The second-order valence-electron chi connectivity index (χ2n) is 7.09. The maximum Gasteiger partial charge on any atom is 0.227 e. The number of benzene rings is 2. The molecule has 0 radical (unpaired) electrons. The number of hydrogen-bond donors (Lipinski definition) is 1. The van der Waals surface area contributed by atoms with E-state index in [0.29, 0.717) is 37.4 Å². The standard InChI is InChI=1S/C22H25ClN2O2/c1-16-7-9-19(15-20(16)23)24-22(27)18-11-13-25(14-12-18)21(26)10-8-17-5-3-2-4-6-17/h2-7,9,15,18H,8,10-14H2,1H3,(H,24,27). The van der Waals surface area contributed by atoms with Gasteiger partial charge in [0.1, 0.15) is 0 Å². The third kappa shape index (κ3) is 5.33. The van der Waals surface area contributed by atoms with Gasteiger partial charge in [-0.2, -0.15) is 0 Å². The fourth-order valence-electron chi connectivity index (χ4n) is 3.36. The van der Waals surface area contributed by atoms with E-state index in [0.717, 1.165) is 17.7 Å². The summed E-state index contributed by atoms with van der Waals surface area (Å²) in [5, 5.41) is 3.59. The molecule has 2 aromatic carbocycles. The van der Waals surface area contributed by atoms with Crippen molar-refractivity contribution in [3.8, 4) is 0 Å². The van der Waals surface area contributed by atoms with Crippen molar-refractivity contribution in [2.45, 2.75) is 32.6 Å². The Labute approximate surface area is 165 Å². The first-order valence-electron chi connectivity index (χ1n) is 9.41. The number of likely N-dealkylation sites (tertiary alicyclic amines) is 1. The van der Waals surface area contributed by atoms with Crippen molar-refractivity contribution >= 4 is 29.1 Å². The van der Waals surface area contributed by atoms with Gasteiger partial charge in [-0.25, -0.2) is 0 Å². The van der Waals surface area contributed by atoms with Gasteiger partial charge in [0.05, 0.1) is 0 Å². The van der Waals surface area contributed by atoms with E-state index in [9.17, 15) is 9.59 Å². The summed E-state index contributed by atoms with van der Waals surface area (Å²) in [6, 6.07) is 15.6. The Morgan fingerprint density at radius 1 is 1.11 bits per heavy atom. The smallest absolute Gasteiger partial charge is 0.227 e. The molecule has 5 heteroatoms. The maximum atomic E-state index is 12.5. The van der Waals surface area contributed by atoms with E-state index in [1.165, 1.54) is 5.56 Å². The highest BCUT2D eigenvalue weighted by atomic mass is 35.5. The van der Waals surface area contributed by atoms with Gasteiger partial charge in [0.2, 0.25) is 11.8 Å². The average Bonchev–Trinajstić information content (AvgIpc) is 2.70. The summed E-state index contributed by atoms with van der Waals surface area (Å²) in [5.74, 6) is 0.109. The normalized spacial score (nSPS) is 14.8. The molecule has 4 nitrogen and oxygen atoms in total. The third-order valence-corrected chi connectivity index (χ3v) is 5.54. The van der Waals surface area contributed by atoms with Crippen LogP contribution in [0.5, 0.6) is 0 Å². The molecule has 0 aromatic heterocycles. The van der Waals surface area contributed by atoms with E-state index < -0.39 is 0 Å². The van der Waals surface area contributed by atoms with Gasteiger partial charge in [0, 0.05) is 36.1 Å². The summed E-state index contributed by atoms with van der Waals surface area (Å²) < 4.78 is 0. The van der Waals surface area contributed by atoms with Gasteiger partial charge in [-0.15, -0.1) is 0 Å². The Kier molecular flexibility index (Phi) is 6.51. The summed E-state index contributed by atoms with van der Waals surface area (Å²) in [6.07, 6.45) is 2.67. The van der Waals surface area contributed by atoms with Crippen molar-refractivity contribution in [1.82, 2.24) is 4.90 Å². The zero-order chi connectivity index (χ0) is 19.2. The van der Waals surface area contributed by atoms with Crippen LogP contribution in [-0.4, -0.2) is 29.8 Å². The quantitative estimate of drug-likeness (QED) is 0.827. The number of carbonyl (C=O) groups excluding carboxylic acids is 2. The number of anilines is 1. The van der Waals surface area contributed by atoms with Gasteiger partial charge in [0.15, 0.2) is 0 Å². The topological polar surface area (TPSA) is 49.4 Å². The first-order chi connectivity index (χ1) is 13.0. The van der Waals surface area contributed by atoms with Crippen molar-refractivity contribution in [3.63, 3.8) is 0 Å². The fourth-order valence-corrected chi connectivity index (χ4v) is 3.54. The lowest BCUT2D eigenvalue weighted by atomic mass is 9.95. The molecular weight excluding hydrogens is 360 g/mol. The molecular formula is C22H25ClN2O2. The van der Waals surface area contributed by atoms with E-state index in [2.05, 4.69) is 5.32 Å². The van der Waals surface area contributed by atoms with E-state index in [4.69, 9.17) is 11.6 Å². The second-order valence-corrected chi connectivity index (χ2v) is 7.50. The minimum absolute atomic E-state index is 0.00584. The number of carbonyl (C=O) groups is 2. The van der Waals surface area contributed by atoms with Gasteiger partial charge in [-0.1, -0.05) is 48.0 Å². The Balaban J connectivity index is 1.45. The van der Waals surface area contributed by atoms with Gasteiger partial charge in [-0.3, -0.25) is 9.59 Å². The molecule has 1 fully saturated rings. The molecule has 1 N–H and O–H groups in total. The maximum absolute atomic E-state index is 12.5. The van der Waals surface area contributed by atoms with Gasteiger partial charge in [0.25, 0.3) is 0 Å². The number of halogens is 1. The summed E-state index contributed by atoms with van der Waals surface area (Å²) in [5.41, 5.74) is 2.88. The van der Waals surface area contributed by atoms with Crippen molar-refractivity contribution in [2.24, 2.45) is 5.92 Å². The molecule has 1 aliphatic heterocycles. The van der Waals surface area contributed by atoms with Crippen molar-refractivity contribution in [2.75, 3.05) is 18.4 Å². The Morgan fingerprint density at radius 2 is 1.81 bits per heavy atom. The van der Waals surface area contributed by atoms with E-state index in [1.807, 2.05) is 54.3 Å². The first-order valence-corrected chi connectivity index (χ1v) is 9.79. The van der Waals surface area contributed by atoms with E-state index >= 15 is 0 Å². The van der Waals surface area contributed by atoms with Crippen LogP contribution in [0.25, 0.3) is 0 Å². The molecule has 142 valence electrons. The lowest BCUT2D eigenvalue weighted by molar-refractivity contribution is -0.134. The molecule has 27 heavy (non-hydrogen) atoms. The molecule has 0 atom stereocenters. The number of rotatable bonds is 5. The highest BCUT2D eigenvalue weighted by molar-refractivity contribution is 6.31. The lowest BCUT2D eigenvalue weighted by Crippen LogP contribution is -2.41. The Morgan fingerprint density at radius 3 is 2.48 bits per heavy atom. The first kappa shape index (κ1) is 19.4. The summed E-state index contributed by atoms with van der Waals surface area (Å²) >= 11 is 6.12. The van der Waals surface area contributed by atoms with Gasteiger partial charge < -0.3 is 10.2 Å². The van der Waals surface area contributed by atoms with Crippen LogP contribution < -0.4 is 5.32 Å². The molecule has 0 saturated carbocycles. The molecule has 1 aliphatic rings.